The molecule has 5 nitrogen and oxygen atoms in total. The van der Waals surface area contributed by atoms with Gasteiger partial charge in [0.15, 0.2) is 0 Å². The molecule has 1 fully saturated rings. The van der Waals surface area contributed by atoms with Gasteiger partial charge in [-0.2, -0.15) is 0 Å². The summed E-state index contributed by atoms with van der Waals surface area (Å²) >= 11 is 0. The number of aromatic nitrogens is 2. The first kappa shape index (κ1) is 12.2. The molecule has 1 saturated carbocycles. The molecule has 1 atom stereocenters. The second-order valence-corrected chi connectivity index (χ2v) is 4.74. The molecule has 5 heteroatoms. The number of nitrogens with two attached hydrogens (primary N) is 1. The fourth-order valence-electron chi connectivity index (χ4n) is 2.44. The van der Waals surface area contributed by atoms with Crippen LogP contribution in [0.4, 0.5) is 5.69 Å². The summed E-state index contributed by atoms with van der Waals surface area (Å²) in [6, 6.07) is 0.232. The first-order valence-electron chi connectivity index (χ1n) is 6.20. The van der Waals surface area contributed by atoms with Crippen molar-refractivity contribution in [2.45, 2.75) is 45.9 Å². The van der Waals surface area contributed by atoms with Gasteiger partial charge in [-0.05, 0) is 32.6 Å². The maximum absolute atomic E-state index is 12.2. The summed E-state index contributed by atoms with van der Waals surface area (Å²) in [6.45, 7) is 5.25. The Kier molecular flexibility index (Phi) is 3.28. The van der Waals surface area contributed by atoms with E-state index >= 15 is 0 Å². The van der Waals surface area contributed by atoms with E-state index in [9.17, 15) is 4.79 Å². The van der Waals surface area contributed by atoms with Gasteiger partial charge in [-0.15, -0.1) is 0 Å². The van der Waals surface area contributed by atoms with E-state index in [0.29, 0.717) is 18.2 Å². The third-order valence-corrected chi connectivity index (χ3v) is 3.59. The molecule has 1 aromatic heterocycles. The van der Waals surface area contributed by atoms with Crippen LogP contribution in [0.25, 0.3) is 0 Å². The third-order valence-electron chi connectivity index (χ3n) is 3.59. The molecule has 96 valence electrons. The van der Waals surface area contributed by atoms with Crippen LogP contribution in [0.3, 0.4) is 0 Å². The smallest absolute Gasteiger partial charge is 0.290 e. The monoisotopic (exact) mass is 239 g/mol. The fraction of sp³-hybridized carbons (Fsp3) is 0.750. The molecule has 0 saturated heterocycles. The van der Waals surface area contributed by atoms with Gasteiger partial charge in [0.1, 0.15) is 5.69 Å². The Hall–Kier alpha value is -1.23. The van der Waals surface area contributed by atoms with Crippen molar-refractivity contribution in [1.82, 2.24) is 9.36 Å². The van der Waals surface area contributed by atoms with Crippen molar-refractivity contribution in [1.29, 1.82) is 0 Å². The standard InChI is InChI=1S/C12H21N3O2/c1-4-14-10(7-17-3)11(13)12(16)15(14)8(2)9-5-6-9/h8-9H,4-7,13H2,1-3H3. The highest BCUT2D eigenvalue weighted by Crippen LogP contribution is 2.39. The van der Waals surface area contributed by atoms with Crippen molar-refractivity contribution in [3.63, 3.8) is 0 Å². The van der Waals surface area contributed by atoms with Crippen LogP contribution in [-0.2, 0) is 17.9 Å². The third kappa shape index (κ3) is 1.99. The number of nitrogen functional groups attached to an aromatic ring is 1. The van der Waals surface area contributed by atoms with Crippen LogP contribution in [0, 0.1) is 5.92 Å². The minimum absolute atomic E-state index is 0.0710. The van der Waals surface area contributed by atoms with Gasteiger partial charge in [-0.1, -0.05) is 0 Å². The van der Waals surface area contributed by atoms with Gasteiger partial charge < -0.3 is 10.5 Å². The number of hydrogen-bond donors (Lipinski definition) is 1. The first-order chi connectivity index (χ1) is 8.11. The van der Waals surface area contributed by atoms with E-state index < -0.39 is 0 Å². The summed E-state index contributed by atoms with van der Waals surface area (Å²) in [5, 5.41) is 0. The van der Waals surface area contributed by atoms with Crippen LogP contribution < -0.4 is 11.3 Å². The van der Waals surface area contributed by atoms with Gasteiger partial charge >= 0.3 is 0 Å². The second kappa shape index (κ2) is 4.56. The Balaban J connectivity index is 2.49. The van der Waals surface area contributed by atoms with Crippen LogP contribution in [0.1, 0.15) is 38.4 Å². The van der Waals surface area contributed by atoms with Crippen LogP contribution in [0.5, 0.6) is 0 Å². The van der Waals surface area contributed by atoms with Gasteiger partial charge in [0.05, 0.1) is 18.3 Å². The second-order valence-electron chi connectivity index (χ2n) is 4.74. The van der Waals surface area contributed by atoms with Crippen LogP contribution >= 0.6 is 0 Å². The molecule has 0 bridgehead atoms. The minimum atomic E-state index is -0.0710. The molecule has 17 heavy (non-hydrogen) atoms. The highest BCUT2D eigenvalue weighted by atomic mass is 16.5. The van der Waals surface area contributed by atoms with E-state index in [2.05, 4.69) is 6.92 Å². The molecular formula is C12H21N3O2. The Bertz CT molecular complexity index is 457. The molecule has 0 aliphatic heterocycles. The lowest BCUT2D eigenvalue weighted by molar-refractivity contribution is 0.173. The lowest BCUT2D eigenvalue weighted by Gasteiger charge is -2.18. The van der Waals surface area contributed by atoms with Crippen molar-refractivity contribution in [2.75, 3.05) is 12.8 Å². The Morgan fingerprint density at radius 2 is 2.18 bits per heavy atom. The molecule has 1 unspecified atom stereocenters. The van der Waals surface area contributed by atoms with Crippen LogP contribution in [0.2, 0.25) is 0 Å². The minimum Gasteiger partial charge on any atom is -0.393 e. The van der Waals surface area contributed by atoms with E-state index in [1.807, 2.05) is 11.6 Å². The van der Waals surface area contributed by atoms with Gasteiger partial charge in [0.2, 0.25) is 0 Å². The SMILES string of the molecule is CCn1c(COC)c(N)c(=O)n1C(C)C1CC1. The van der Waals surface area contributed by atoms with Gasteiger partial charge in [-0.25, -0.2) is 4.68 Å². The molecule has 1 aliphatic rings. The number of methoxy groups -OCH3 is 1. The predicted octanol–water partition coefficient (Wildman–Crippen LogP) is 1.37. The molecule has 2 N–H and O–H groups in total. The summed E-state index contributed by atoms with van der Waals surface area (Å²) in [7, 11) is 1.62. The van der Waals surface area contributed by atoms with E-state index in [1.54, 1.807) is 11.8 Å². The highest BCUT2D eigenvalue weighted by Gasteiger charge is 2.32. The van der Waals surface area contributed by atoms with E-state index in [-0.39, 0.29) is 11.6 Å². The molecule has 0 spiro atoms. The number of hydrogen-bond acceptors (Lipinski definition) is 3. The van der Waals surface area contributed by atoms with Gasteiger partial charge in [0, 0.05) is 13.7 Å². The number of ether oxygens (including phenoxy) is 1. The summed E-state index contributed by atoms with van der Waals surface area (Å²) in [5.74, 6) is 0.627. The molecule has 1 heterocycles. The highest BCUT2D eigenvalue weighted by molar-refractivity contribution is 5.41. The summed E-state index contributed by atoms with van der Waals surface area (Å²) < 4.78 is 8.89. The summed E-state index contributed by atoms with van der Waals surface area (Å²) in [4.78, 5) is 12.2. The van der Waals surface area contributed by atoms with Crippen molar-refractivity contribution < 1.29 is 4.74 Å². The van der Waals surface area contributed by atoms with E-state index in [1.165, 1.54) is 12.8 Å². The largest absolute Gasteiger partial charge is 0.393 e. The summed E-state index contributed by atoms with van der Waals surface area (Å²) in [5.41, 5.74) is 6.95. The zero-order valence-corrected chi connectivity index (χ0v) is 10.8. The average molecular weight is 239 g/mol. The number of rotatable bonds is 5. The maximum Gasteiger partial charge on any atom is 0.290 e. The van der Waals surface area contributed by atoms with E-state index in [4.69, 9.17) is 10.5 Å². The van der Waals surface area contributed by atoms with Crippen LogP contribution in [-0.4, -0.2) is 16.5 Å². The molecule has 0 amide bonds. The Labute approximate surface area is 101 Å². The molecule has 0 aromatic carbocycles. The number of nitrogens with zero attached hydrogens (tertiary/aromatic N) is 2. The first-order valence-corrected chi connectivity index (χ1v) is 6.20. The van der Waals surface area contributed by atoms with Crippen molar-refractivity contribution in [2.24, 2.45) is 5.92 Å². The zero-order chi connectivity index (χ0) is 12.6. The topological polar surface area (TPSA) is 62.2 Å². The lowest BCUT2D eigenvalue weighted by atomic mass is 10.2. The molecule has 0 radical (unpaired) electrons. The van der Waals surface area contributed by atoms with Gasteiger partial charge in [0.25, 0.3) is 5.56 Å². The molecule has 2 rings (SSSR count). The van der Waals surface area contributed by atoms with E-state index in [0.717, 1.165) is 12.2 Å². The zero-order valence-electron chi connectivity index (χ0n) is 10.8. The molecule has 1 aliphatic carbocycles. The lowest BCUT2D eigenvalue weighted by Crippen LogP contribution is -2.28. The van der Waals surface area contributed by atoms with Crippen molar-refractivity contribution >= 4 is 5.69 Å². The maximum atomic E-state index is 12.2. The predicted molar refractivity (Wildman–Crippen MR) is 66.9 cm³/mol. The number of anilines is 1. The normalized spacial score (nSPS) is 17.4. The van der Waals surface area contributed by atoms with Gasteiger partial charge in [-0.3, -0.25) is 9.48 Å². The Morgan fingerprint density at radius 3 is 2.65 bits per heavy atom. The van der Waals surface area contributed by atoms with Crippen molar-refractivity contribution in [3.8, 4) is 0 Å². The Morgan fingerprint density at radius 1 is 1.53 bits per heavy atom. The average Bonchev–Trinajstić information content (AvgIpc) is 3.12. The van der Waals surface area contributed by atoms with Crippen LogP contribution in [0.15, 0.2) is 4.79 Å². The molecule has 1 aromatic rings. The quantitative estimate of drug-likeness (QED) is 0.844. The molecular weight excluding hydrogens is 218 g/mol. The van der Waals surface area contributed by atoms with Crippen molar-refractivity contribution in [3.05, 3.63) is 16.0 Å². The summed E-state index contributed by atoms with van der Waals surface area (Å²) in [6.07, 6.45) is 2.42. The fourth-order valence-corrected chi connectivity index (χ4v) is 2.44.